The number of carbonyl (C=O) groups excluding carboxylic acids is 2. The molecule has 8 heteroatoms. The second kappa shape index (κ2) is 9.75. The highest BCUT2D eigenvalue weighted by atomic mass is 35.5. The van der Waals surface area contributed by atoms with E-state index in [1.54, 1.807) is 43.2 Å². The van der Waals surface area contributed by atoms with Crippen molar-refractivity contribution in [1.82, 2.24) is 10.7 Å². The van der Waals surface area contributed by atoms with Crippen molar-refractivity contribution in [2.45, 2.75) is 12.1 Å². The summed E-state index contributed by atoms with van der Waals surface area (Å²) in [5, 5.41) is 3.40. The van der Waals surface area contributed by atoms with Crippen LogP contribution in [0.15, 0.2) is 72.8 Å². The van der Waals surface area contributed by atoms with E-state index in [2.05, 4.69) is 10.7 Å². The van der Waals surface area contributed by atoms with Crippen LogP contribution >= 0.6 is 11.6 Å². The van der Waals surface area contributed by atoms with Crippen molar-refractivity contribution in [2.75, 3.05) is 14.2 Å². The largest absolute Gasteiger partial charge is 0.497 e. The third kappa shape index (κ3) is 4.99. The molecule has 2 atom stereocenters. The van der Waals surface area contributed by atoms with Gasteiger partial charge in [0.2, 0.25) is 12.3 Å². The Labute approximate surface area is 196 Å². The smallest absolute Gasteiger partial charge is 0.304 e. The maximum atomic E-state index is 12.9. The molecule has 3 aromatic rings. The second-order valence-corrected chi connectivity index (χ2v) is 7.90. The number of carbonyl (C=O) groups is 2. The van der Waals surface area contributed by atoms with Gasteiger partial charge in [-0.15, -0.1) is 10.1 Å². The summed E-state index contributed by atoms with van der Waals surface area (Å²) in [6.45, 7) is 0. The summed E-state index contributed by atoms with van der Waals surface area (Å²) in [6, 6.07) is 20.0. The predicted molar refractivity (Wildman–Crippen MR) is 125 cm³/mol. The lowest BCUT2D eigenvalue weighted by Gasteiger charge is -2.15. The number of rotatable bonds is 6. The maximum Gasteiger partial charge on any atom is 0.304 e. The van der Waals surface area contributed by atoms with Crippen molar-refractivity contribution < 1.29 is 23.7 Å². The number of ether oxygens (including phenoxy) is 2. The molecule has 0 saturated carbocycles. The summed E-state index contributed by atoms with van der Waals surface area (Å²) in [7, 11) is 3.20. The van der Waals surface area contributed by atoms with Gasteiger partial charge < -0.3 is 14.8 Å². The van der Waals surface area contributed by atoms with Crippen molar-refractivity contribution >= 4 is 29.6 Å². The predicted octanol–water partition coefficient (Wildman–Crippen LogP) is 3.37. The van der Waals surface area contributed by atoms with Gasteiger partial charge in [-0.25, -0.2) is 0 Å². The Bertz CT molecular complexity index is 1180. The molecule has 7 nitrogen and oxygen atoms in total. The molecule has 2 N–H and O–H groups in total. The van der Waals surface area contributed by atoms with E-state index >= 15 is 0 Å². The highest BCUT2D eigenvalue weighted by molar-refractivity contribution is 6.30. The summed E-state index contributed by atoms with van der Waals surface area (Å²) in [6.07, 6.45) is 1.82. The van der Waals surface area contributed by atoms with Crippen LogP contribution in [0.5, 0.6) is 11.5 Å². The fourth-order valence-corrected chi connectivity index (χ4v) is 3.78. The lowest BCUT2D eigenvalue weighted by molar-refractivity contribution is -0.596. The average Bonchev–Trinajstić information content (AvgIpc) is 3.14. The molecule has 0 radical (unpaired) electrons. The Kier molecular flexibility index (Phi) is 6.60. The zero-order chi connectivity index (χ0) is 23.4. The molecule has 4 rings (SSSR count). The lowest BCUT2D eigenvalue weighted by Crippen LogP contribution is -2.42. The minimum absolute atomic E-state index is 0.317. The van der Waals surface area contributed by atoms with Gasteiger partial charge in [0.05, 0.1) is 14.2 Å². The zero-order valence-corrected chi connectivity index (χ0v) is 18.9. The van der Waals surface area contributed by atoms with E-state index < -0.39 is 12.1 Å². The van der Waals surface area contributed by atoms with E-state index in [9.17, 15) is 9.59 Å². The van der Waals surface area contributed by atoms with E-state index in [0.29, 0.717) is 16.3 Å². The first kappa shape index (κ1) is 22.4. The first-order valence-electron chi connectivity index (χ1n) is 10.3. The van der Waals surface area contributed by atoms with Gasteiger partial charge in [0, 0.05) is 21.7 Å². The summed E-state index contributed by atoms with van der Waals surface area (Å²) in [5.41, 5.74) is 4.97. The van der Waals surface area contributed by atoms with Crippen LogP contribution in [0.3, 0.4) is 0 Å². The summed E-state index contributed by atoms with van der Waals surface area (Å²) in [5.74, 6) is 0.750. The number of halogens is 1. The Morgan fingerprint density at radius 1 is 0.939 bits per heavy atom. The second-order valence-electron chi connectivity index (χ2n) is 7.46. The number of amides is 2. The van der Waals surface area contributed by atoms with Gasteiger partial charge in [-0.1, -0.05) is 11.6 Å². The van der Waals surface area contributed by atoms with Crippen LogP contribution in [0.4, 0.5) is 0 Å². The van der Waals surface area contributed by atoms with Crippen LogP contribution in [0.1, 0.15) is 27.5 Å². The number of hydrogen-bond donors (Lipinski definition) is 2. The highest BCUT2D eigenvalue weighted by Crippen LogP contribution is 2.27. The first-order chi connectivity index (χ1) is 16.0. The summed E-state index contributed by atoms with van der Waals surface area (Å²) >= 11 is 5.93. The van der Waals surface area contributed by atoms with Crippen molar-refractivity contribution in [3.05, 3.63) is 94.5 Å². The normalized spacial score (nSPS) is 18.6. The molecule has 0 aliphatic carbocycles. The number of nitrogens with one attached hydrogen (secondary N) is 2. The van der Waals surface area contributed by atoms with Gasteiger partial charge in [0.1, 0.15) is 11.5 Å². The topological polar surface area (TPSA) is 79.7 Å². The van der Waals surface area contributed by atoms with Gasteiger partial charge in [-0.05, 0) is 72.8 Å². The van der Waals surface area contributed by atoms with Crippen molar-refractivity contribution in [3.63, 3.8) is 0 Å². The van der Waals surface area contributed by atoms with Crippen molar-refractivity contribution in [3.8, 4) is 11.5 Å². The number of methoxy groups -OCH3 is 2. The SMILES string of the molecule is COc1ccc(/C=[N+]2\NC(=O)[C@H](NC(=O)c3ccc(Cl)cc3)[C@H]2c2ccc(OC)cc2)cc1. The first-order valence-corrected chi connectivity index (χ1v) is 10.6. The van der Waals surface area contributed by atoms with E-state index in [1.165, 1.54) is 0 Å². The van der Waals surface area contributed by atoms with Gasteiger partial charge in [-0.2, -0.15) is 0 Å². The molecular formula is C25H23ClN3O4+. The molecule has 1 fully saturated rings. The van der Waals surface area contributed by atoms with E-state index in [1.807, 2.05) is 54.7 Å². The van der Waals surface area contributed by atoms with Gasteiger partial charge >= 0.3 is 5.91 Å². The van der Waals surface area contributed by atoms with Crippen LogP contribution < -0.4 is 20.2 Å². The number of benzene rings is 3. The van der Waals surface area contributed by atoms with Crippen LogP contribution in [0.25, 0.3) is 0 Å². The standard InChI is InChI=1S/C25H22ClN3O4/c1-32-20-11-3-16(4-12-20)15-29-23(17-7-13-21(33-2)14-8-17)22(25(31)28-29)27-24(30)18-5-9-19(26)10-6-18/h3-15,22-23H,1-2H3,(H-,27,28,30,31)/p+1/b29-15-/t22-,23-/m1/s1. The molecule has 3 aromatic carbocycles. The molecule has 0 bridgehead atoms. The van der Waals surface area contributed by atoms with Crippen LogP contribution in [0.2, 0.25) is 5.02 Å². The average molecular weight is 465 g/mol. The fourth-order valence-electron chi connectivity index (χ4n) is 3.66. The molecule has 168 valence electrons. The highest BCUT2D eigenvalue weighted by Gasteiger charge is 2.47. The third-order valence-electron chi connectivity index (χ3n) is 5.39. The van der Waals surface area contributed by atoms with E-state index in [0.717, 1.165) is 16.9 Å². The van der Waals surface area contributed by atoms with E-state index in [4.69, 9.17) is 21.1 Å². The molecule has 1 aliphatic heterocycles. The number of hydrazine groups is 1. The molecule has 0 unspecified atom stereocenters. The van der Waals surface area contributed by atoms with Crippen molar-refractivity contribution in [2.24, 2.45) is 0 Å². The summed E-state index contributed by atoms with van der Waals surface area (Å²) in [4.78, 5) is 25.8. The van der Waals surface area contributed by atoms with Gasteiger partial charge in [-0.3, -0.25) is 9.59 Å². The molecule has 1 aliphatic rings. The monoisotopic (exact) mass is 464 g/mol. The Balaban J connectivity index is 1.68. The van der Waals surface area contributed by atoms with Crippen LogP contribution in [0, 0.1) is 0 Å². The molecule has 2 amide bonds. The fraction of sp³-hybridized carbons (Fsp3) is 0.160. The maximum absolute atomic E-state index is 12.9. The molecule has 0 aromatic heterocycles. The lowest BCUT2D eigenvalue weighted by atomic mass is 9.99. The van der Waals surface area contributed by atoms with Crippen LogP contribution in [-0.4, -0.2) is 43.0 Å². The minimum atomic E-state index is -0.823. The molecule has 33 heavy (non-hydrogen) atoms. The number of hydrazone groups is 1. The number of hydrogen-bond acceptors (Lipinski definition) is 4. The van der Waals surface area contributed by atoms with Gasteiger partial charge in [0.25, 0.3) is 5.91 Å². The summed E-state index contributed by atoms with van der Waals surface area (Å²) < 4.78 is 12.2. The molecule has 0 spiro atoms. The molecular weight excluding hydrogens is 442 g/mol. The Morgan fingerprint density at radius 2 is 1.52 bits per heavy atom. The molecule has 1 saturated heterocycles. The van der Waals surface area contributed by atoms with Crippen LogP contribution in [-0.2, 0) is 4.79 Å². The Hall–Kier alpha value is -3.84. The Morgan fingerprint density at radius 3 is 2.09 bits per heavy atom. The third-order valence-corrected chi connectivity index (χ3v) is 5.64. The minimum Gasteiger partial charge on any atom is -0.497 e. The number of nitrogens with zero attached hydrogens (tertiary/aromatic N) is 1. The zero-order valence-electron chi connectivity index (χ0n) is 18.1. The quantitative estimate of drug-likeness (QED) is 0.548. The van der Waals surface area contributed by atoms with E-state index in [-0.39, 0.29) is 11.8 Å². The van der Waals surface area contributed by atoms with Crippen molar-refractivity contribution in [1.29, 1.82) is 0 Å². The van der Waals surface area contributed by atoms with Gasteiger partial charge in [0.15, 0.2) is 6.04 Å². The molecule has 1 heterocycles.